The summed E-state index contributed by atoms with van der Waals surface area (Å²) < 4.78 is 29.4. The van der Waals surface area contributed by atoms with Crippen LogP contribution in [0.15, 0.2) is 18.2 Å². The van der Waals surface area contributed by atoms with E-state index in [1.165, 1.54) is 14.0 Å². The van der Waals surface area contributed by atoms with Crippen LogP contribution in [-0.2, 0) is 19.4 Å². The molecule has 1 aliphatic carbocycles. The van der Waals surface area contributed by atoms with E-state index in [9.17, 15) is 18.0 Å². The third-order valence-corrected chi connectivity index (χ3v) is 7.56. The van der Waals surface area contributed by atoms with E-state index in [1.54, 1.807) is 18.2 Å². The molecule has 2 aliphatic rings. The third-order valence-electron chi connectivity index (χ3n) is 5.81. The van der Waals surface area contributed by atoms with Gasteiger partial charge in [-0.05, 0) is 37.5 Å². The highest BCUT2D eigenvalue weighted by atomic mass is 32.2. The molecule has 1 aromatic carbocycles. The smallest absolute Gasteiger partial charge is 0.242 e. The first-order chi connectivity index (χ1) is 14.3. The van der Waals surface area contributed by atoms with Gasteiger partial charge < -0.3 is 20.3 Å². The maximum atomic E-state index is 13.2. The van der Waals surface area contributed by atoms with Gasteiger partial charge in [0.15, 0.2) is 9.84 Å². The Bertz CT molecular complexity index is 881. The molecule has 1 saturated heterocycles. The topological polar surface area (TPSA) is 105 Å². The molecule has 9 heteroatoms. The van der Waals surface area contributed by atoms with E-state index in [-0.39, 0.29) is 41.9 Å². The van der Waals surface area contributed by atoms with E-state index < -0.39 is 9.84 Å². The van der Waals surface area contributed by atoms with Crippen molar-refractivity contribution < 1.29 is 22.7 Å². The van der Waals surface area contributed by atoms with Crippen molar-refractivity contribution in [1.82, 2.24) is 4.90 Å². The summed E-state index contributed by atoms with van der Waals surface area (Å²) in [5.41, 5.74) is 1.20. The molecule has 1 atom stereocenters. The molecule has 2 fully saturated rings. The summed E-state index contributed by atoms with van der Waals surface area (Å²) in [4.78, 5) is 26.4. The molecule has 30 heavy (non-hydrogen) atoms. The molecular formula is C21H31N3O5S. The van der Waals surface area contributed by atoms with Crippen LogP contribution in [-0.4, -0.2) is 62.4 Å². The number of hydrogen-bond acceptors (Lipinski definition) is 6. The highest BCUT2D eigenvalue weighted by molar-refractivity contribution is 7.91. The van der Waals surface area contributed by atoms with Crippen molar-refractivity contribution in [2.75, 3.05) is 35.8 Å². The minimum absolute atomic E-state index is 0.0347. The number of benzene rings is 1. The molecule has 0 radical (unpaired) electrons. The lowest BCUT2D eigenvalue weighted by molar-refractivity contribution is -0.134. The number of methoxy groups -OCH3 is 1. The van der Waals surface area contributed by atoms with Gasteiger partial charge in [0.25, 0.3) is 0 Å². The summed E-state index contributed by atoms with van der Waals surface area (Å²) in [6.45, 7) is 1.46. The van der Waals surface area contributed by atoms with Crippen molar-refractivity contribution in [3.05, 3.63) is 18.2 Å². The predicted molar refractivity (Wildman–Crippen MR) is 117 cm³/mol. The fourth-order valence-corrected chi connectivity index (χ4v) is 6.16. The SMILES string of the molecule is COc1ccc(NC(C)=O)cc1NCC(=O)N(C1CCCCC1)C1CCS(=O)(=O)C1. The Kier molecular flexibility index (Phi) is 7.23. The van der Waals surface area contributed by atoms with Gasteiger partial charge in [0, 0.05) is 24.7 Å². The average Bonchev–Trinajstić information content (AvgIpc) is 3.06. The molecule has 0 aromatic heterocycles. The van der Waals surface area contributed by atoms with Crippen LogP contribution in [0.4, 0.5) is 11.4 Å². The third kappa shape index (κ3) is 5.65. The van der Waals surface area contributed by atoms with Crippen LogP contribution in [0.2, 0.25) is 0 Å². The van der Waals surface area contributed by atoms with Gasteiger partial charge in [0.2, 0.25) is 11.8 Å². The van der Waals surface area contributed by atoms with Crippen molar-refractivity contribution in [2.45, 2.75) is 57.5 Å². The standard InChI is InChI=1S/C21H31N3O5S/c1-15(25)23-16-8-9-20(29-2)19(12-16)22-13-21(26)24(17-6-4-3-5-7-17)18-10-11-30(27,28)14-18/h8-9,12,17-18,22H,3-7,10-11,13-14H2,1-2H3,(H,23,25). The Balaban J connectivity index is 1.75. The lowest BCUT2D eigenvalue weighted by atomic mass is 9.93. The van der Waals surface area contributed by atoms with E-state index in [1.807, 2.05) is 4.90 Å². The lowest BCUT2D eigenvalue weighted by Gasteiger charge is -2.38. The molecule has 2 amide bonds. The number of carbonyl (C=O) groups is 2. The first kappa shape index (κ1) is 22.4. The first-order valence-electron chi connectivity index (χ1n) is 10.5. The summed E-state index contributed by atoms with van der Waals surface area (Å²) in [7, 11) is -1.54. The van der Waals surface area contributed by atoms with Crippen LogP contribution in [0.25, 0.3) is 0 Å². The Labute approximate surface area is 178 Å². The van der Waals surface area contributed by atoms with Crippen LogP contribution >= 0.6 is 0 Å². The Morgan fingerprint density at radius 3 is 2.47 bits per heavy atom. The van der Waals surface area contributed by atoms with E-state index in [0.29, 0.717) is 23.5 Å². The molecule has 1 aliphatic heterocycles. The highest BCUT2D eigenvalue weighted by Gasteiger charge is 2.38. The number of nitrogens with zero attached hydrogens (tertiary/aromatic N) is 1. The highest BCUT2D eigenvalue weighted by Crippen LogP contribution is 2.30. The molecule has 8 nitrogen and oxygen atoms in total. The number of ether oxygens (including phenoxy) is 1. The van der Waals surface area contributed by atoms with Crippen molar-refractivity contribution in [2.24, 2.45) is 0 Å². The molecule has 1 aromatic rings. The zero-order chi connectivity index (χ0) is 21.7. The van der Waals surface area contributed by atoms with Crippen LogP contribution in [0.1, 0.15) is 45.4 Å². The van der Waals surface area contributed by atoms with Gasteiger partial charge in [-0.3, -0.25) is 9.59 Å². The molecule has 0 spiro atoms. The normalized spacial score (nSPS) is 21.1. The quantitative estimate of drug-likeness (QED) is 0.679. The second kappa shape index (κ2) is 9.68. The van der Waals surface area contributed by atoms with Crippen LogP contribution in [0, 0.1) is 0 Å². The zero-order valence-corrected chi connectivity index (χ0v) is 18.5. The van der Waals surface area contributed by atoms with Gasteiger partial charge in [0.05, 0.1) is 30.8 Å². The summed E-state index contributed by atoms with van der Waals surface area (Å²) in [5.74, 6) is 0.471. The van der Waals surface area contributed by atoms with Crippen molar-refractivity contribution in [3.63, 3.8) is 0 Å². The van der Waals surface area contributed by atoms with E-state index >= 15 is 0 Å². The number of rotatable bonds is 7. The van der Waals surface area contributed by atoms with E-state index in [0.717, 1.165) is 32.1 Å². The largest absolute Gasteiger partial charge is 0.495 e. The minimum Gasteiger partial charge on any atom is -0.495 e. The molecule has 1 saturated carbocycles. The number of carbonyl (C=O) groups excluding carboxylic acids is 2. The maximum absolute atomic E-state index is 13.2. The van der Waals surface area contributed by atoms with Crippen LogP contribution in [0.3, 0.4) is 0 Å². The van der Waals surface area contributed by atoms with E-state index in [2.05, 4.69) is 10.6 Å². The maximum Gasteiger partial charge on any atom is 0.242 e. The minimum atomic E-state index is -3.08. The Hall–Kier alpha value is -2.29. The molecule has 0 bridgehead atoms. The molecular weight excluding hydrogens is 406 g/mol. The van der Waals surface area contributed by atoms with Gasteiger partial charge in [-0.15, -0.1) is 0 Å². The molecule has 3 rings (SSSR count). The Morgan fingerprint density at radius 1 is 1.13 bits per heavy atom. The zero-order valence-electron chi connectivity index (χ0n) is 17.6. The summed E-state index contributed by atoms with van der Waals surface area (Å²) in [6.07, 6.45) is 5.63. The summed E-state index contributed by atoms with van der Waals surface area (Å²) >= 11 is 0. The number of hydrogen-bond donors (Lipinski definition) is 2. The number of amides is 2. The van der Waals surface area contributed by atoms with Gasteiger partial charge in [-0.2, -0.15) is 0 Å². The molecule has 2 N–H and O–H groups in total. The Morgan fingerprint density at radius 2 is 1.87 bits per heavy atom. The fraction of sp³-hybridized carbons (Fsp3) is 0.619. The van der Waals surface area contributed by atoms with Gasteiger partial charge in [0.1, 0.15) is 5.75 Å². The first-order valence-corrected chi connectivity index (χ1v) is 12.3. The van der Waals surface area contributed by atoms with Crippen molar-refractivity contribution in [1.29, 1.82) is 0 Å². The second-order valence-electron chi connectivity index (χ2n) is 8.10. The molecule has 1 unspecified atom stereocenters. The van der Waals surface area contributed by atoms with Gasteiger partial charge in [-0.1, -0.05) is 19.3 Å². The average molecular weight is 438 g/mol. The second-order valence-corrected chi connectivity index (χ2v) is 10.3. The summed E-state index contributed by atoms with van der Waals surface area (Å²) in [6, 6.07) is 5.02. The monoisotopic (exact) mass is 437 g/mol. The molecule has 166 valence electrons. The molecule has 1 heterocycles. The number of sulfone groups is 1. The fourth-order valence-electron chi connectivity index (χ4n) is 4.45. The van der Waals surface area contributed by atoms with Gasteiger partial charge >= 0.3 is 0 Å². The summed E-state index contributed by atoms with van der Waals surface area (Å²) in [5, 5.41) is 5.84. The van der Waals surface area contributed by atoms with Crippen LogP contribution < -0.4 is 15.4 Å². The van der Waals surface area contributed by atoms with Crippen LogP contribution in [0.5, 0.6) is 5.75 Å². The van der Waals surface area contributed by atoms with Gasteiger partial charge in [-0.25, -0.2) is 8.42 Å². The van der Waals surface area contributed by atoms with Crippen molar-refractivity contribution >= 4 is 33.0 Å². The number of nitrogens with one attached hydrogen (secondary N) is 2. The van der Waals surface area contributed by atoms with E-state index in [4.69, 9.17) is 4.74 Å². The lowest BCUT2D eigenvalue weighted by Crippen LogP contribution is -2.50. The number of anilines is 2. The van der Waals surface area contributed by atoms with Crippen molar-refractivity contribution in [3.8, 4) is 5.75 Å². The predicted octanol–water partition coefficient (Wildman–Crippen LogP) is 2.41.